The van der Waals surface area contributed by atoms with Gasteiger partial charge in [0.05, 0.1) is 23.6 Å². The monoisotopic (exact) mass is 420 g/mol. The quantitative estimate of drug-likeness (QED) is 0.745. The molecule has 8 heteroatoms. The van der Waals surface area contributed by atoms with Crippen molar-refractivity contribution in [2.24, 2.45) is 0 Å². The summed E-state index contributed by atoms with van der Waals surface area (Å²) >= 11 is 0. The van der Waals surface area contributed by atoms with Crippen molar-refractivity contribution < 1.29 is 22.3 Å². The van der Waals surface area contributed by atoms with E-state index < -0.39 is 10.0 Å². The minimum atomic E-state index is -3.61. The van der Waals surface area contributed by atoms with Crippen molar-refractivity contribution in [3.8, 4) is 5.75 Å². The molecule has 2 aliphatic rings. The fourth-order valence-corrected chi connectivity index (χ4v) is 5.97. The predicted molar refractivity (Wildman–Crippen MR) is 108 cm³/mol. The van der Waals surface area contributed by atoms with E-state index in [2.05, 4.69) is 4.90 Å². The van der Waals surface area contributed by atoms with Gasteiger partial charge in [0.2, 0.25) is 10.0 Å². The summed E-state index contributed by atoms with van der Waals surface area (Å²) in [6.45, 7) is 1.43. The summed E-state index contributed by atoms with van der Waals surface area (Å²) in [6, 6.07) is 13.0. The molecule has 0 bridgehead atoms. The molecule has 2 heterocycles. The molecule has 1 atom stereocenters. The molecule has 4 rings (SSSR count). The first-order chi connectivity index (χ1) is 13.9. The third kappa shape index (κ3) is 3.39. The fraction of sp³-hybridized carbons (Fsp3) is 0.429. The van der Waals surface area contributed by atoms with Gasteiger partial charge in [-0.05, 0) is 43.2 Å². The Balaban J connectivity index is 1.55. The molecule has 0 amide bonds. The van der Waals surface area contributed by atoms with Crippen LogP contribution in [0.2, 0.25) is 0 Å². The summed E-state index contributed by atoms with van der Waals surface area (Å²) in [6.07, 6.45) is 1.23. The van der Waals surface area contributed by atoms with Crippen molar-refractivity contribution in [1.29, 1.82) is 0 Å². The molecule has 29 heavy (non-hydrogen) atoms. The number of hydrogen-bond donors (Lipinski definition) is 0. The lowest BCUT2D eigenvalue weighted by molar-refractivity contribution is -0.0383. The first-order valence-corrected chi connectivity index (χ1v) is 11.0. The summed E-state index contributed by atoms with van der Waals surface area (Å²) in [4.78, 5) is 2.38. The summed E-state index contributed by atoms with van der Waals surface area (Å²) in [5.41, 5.74) is 0.491. The van der Waals surface area contributed by atoms with Crippen LogP contribution in [0.4, 0.5) is 10.1 Å². The predicted octanol–water partition coefficient (Wildman–Crippen LogP) is 2.89. The fourth-order valence-electron chi connectivity index (χ4n) is 4.50. The van der Waals surface area contributed by atoms with Crippen molar-refractivity contribution >= 4 is 15.7 Å². The molecular weight excluding hydrogens is 395 g/mol. The van der Waals surface area contributed by atoms with Crippen LogP contribution in [0.1, 0.15) is 12.8 Å². The van der Waals surface area contributed by atoms with E-state index in [1.165, 1.54) is 23.5 Å². The molecule has 0 saturated carbocycles. The van der Waals surface area contributed by atoms with E-state index in [0.717, 1.165) is 5.69 Å². The SMILES string of the molecule is COc1cccc(S(=O)(=O)N2CCC3(CC2)C(OC)CN3c2cccc(F)c2)c1. The Morgan fingerprint density at radius 2 is 1.79 bits per heavy atom. The molecule has 2 aromatic carbocycles. The van der Waals surface area contributed by atoms with E-state index in [0.29, 0.717) is 38.2 Å². The molecule has 156 valence electrons. The highest BCUT2D eigenvalue weighted by atomic mass is 32.2. The van der Waals surface area contributed by atoms with Gasteiger partial charge in [-0.3, -0.25) is 0 Å². The second-order valence-electron chi connectivity index (χ2n) is 7.50. The van der Waals surface area contributed by atoms with E-state index in [1.807, 2.05) is 6.07 Å². The van der Waals surface area contributed by atoms with Gasteiger partial charge in [0.15, 0.2) is 0 Å². The van der Waals surface area contributed by atoms with Crippen LogP contribution in [0.3, 0.4) is 0 Å². The van der Waals surface area contributed by atoms with E-state index >= 15 is 0 Å². The summed E-state index contributed by atoms with van der Waals surface area (Å²) < 4.78 is 52.3. The molecule has 1 spiro atoms. The molecule has 2 saturated heterocycles. The molecule has 0 aromatic heterocycles. The van der Waals surface area contributed by atoms with Crippen LogP contribution in [-0.4, -0.2) is 58.2 Å². The highest BCUT2D eigenvalue weighted by Gasteiger charge is 2.56. The third-order valence-electron chi connectivity index (χ3n) is 6.16. The first kappa shape index (κ1) is 20.1. The number of benzene rings is 2. The maximum absolute atomic E-state index is 13.7. The van der Waals surface area contributed by atoms with Crippen molar-refractivity contribution in [2.75, 3.05) is 38.8 Å². The van der Waals surface area contributed by atoms with Gasteiger partial charge in [-0.1, -0.05) is 12.1 Å². The van der Waals surface area contributed by atoms with E-state index in [-0.39, 0.29) is 22.4 Å². The molecule has 0 radical (unpaired) electrons. The summed E-state index contributed by atoms with van der Waals surface area (Å²) in [5, 5.41) is 0. The Labute approximate surface area is 170 Å². The van der Waals surface area contributed by atoms with Crippen molar-refractivity contribution in [1.82, 2.24) is 4.31 Å². The van der Waals surface area contributed by atoms with Crippen LogP contribution in [0.25, 0.3) is 0 Å². The zero-order valence-corrected chi connectivity index (χ0v) is 17.4. The lowest BCUT2D eigenvalue weighted by atomic mass is 9.73. The van der Waals surface area contributed by atoms with Gasteiger partial charge in [0.25, 0.3) is 0 Å². The van der Waals surface area contributed by atoms with Gasteiger partial charge in [-0.25, -0.2) is 12.8 Å². The Kier molecular flexibility index (Phi) is 5.27. The lowest BCUT2D eigenvalue weighted by Crippen LogP contribution is -2.74. The number of halogens is 1. The van der Waals surface area contributed by atoms with Crippen LogP contribution in [0.5, 0.6) is 5.75 Å². The molecule has 2 aliphatic heterocycles. The maximum Gasteiger partial charge on any atom is 0.243 e. The number of nitrogens with zero attached hydrogens (tertiary/aromatic N) is 2. The zero-order chi connectivity index (χ0) is 20.6. The van der Waals surface area contributed by atoms with Crippen LogP contribution >= 0.6 is 0 Å². The summed E-state index contributed by atoms with van der Waals surface area (Å²) in [5.74, 6) is 0.229. The largest absolute Gasteiger partial charge is 0.497 e. The van der Waals surface area contributed by atoms with Crippen LogP contribution < -0.4 is 9.64 Å². The minimum absolute atomic E-state index is 0.00700. The minimum Gasteiger partial charge on any atom is -0.497 e. The van der Waals surface area contributed by atoms with Crippen LogP contribution in [-0.2, 0) is 14.8 Å². The second-order valence-corrected chi connectivity index (χ2v) is 9.44. The average molecular weight is 421 g/mol. The topological polar surface area (TPSA) is 59.1 Å². The second kappa shape index (κ2) is 7.59. The zero-order valence-electron chi connectivity index (χ0n) is 16.5. The number of rotatable bonds is 5. The van der Waals surface area contributed by atoms with Crippen LogP contribution in [0, 0.1) is 5.82 Å². The van der Waals surface area contributed by atoms with Crippen LogP contribution in [0.15, 0.2) is 53.4 Å². The number of hydrogen-bond acceptors (Lipinski definition) is 5. The average Bonchev–Trinajstić information content (AvgIpc) is 2.73. The van der Waals surface area contributed by atoms with Crippen molar-refractivity contribution in [2.45, 2.75) is 29.4 Å². The standard InChI is InChI=1S/C21H25FN2O4S/c1-27-18-7-4-8-19(14-18)29(25,26)23-11-9-21(10-12-23)20(28-2)15-24(21)17-6-3-5-16(22)13-17/h3-8,13-14,20H,9-12,15H2,1-2H3. The van der Waals surface area contributed by atoms with Crippen molar-refractivity contribution in [3.05, 3.63) is 54.3 Å². The Bertz CT molecular complexity index is 990. The summed E-state index contributed by atoms with van der Waals surface area (Å²) in [7, 11) is -0.420. The molecule has 1 unspecified atom stereocenters. The Morgan fingerprint density at radius 1 is 1.07 bits per heavy atom. The van der Waals surface area contributed by atoms with E-state index in [4.69, 9.17) is 9.47 Å². The van der Waals surface area contributed by atoms with Gasteiger partial charge in [-0.15, -0.1) is 0 Å². The molecule has 2 aromatic rings. The number of ether oxygens (including phenoxy) is 2. The number of sulfonamides is 1. The number of piperidine rings is 1. The van der Waals surface area contributed by atoms with E-state index in [1.54, 1.807) is 37.4 Å². The number of methoxy groups -OCH3 is 2. The third-order valence-corrected chi connectivity index (χ3v) is 8.05. The van der Waals surface area contributed by atoms with Gasteiger partial charge in [-0.2, -0.15) is 4.31 Å². The first-order valence-electron chi connectivity index (χ1n) is 9.61. The van der Waals surface area contributed by atoms with Crippen molar-refractivity contribution in [3.63, 3.8) is 0 Å². The molecule has 0 N–H and O–H groups in total. The lowest BCUT2D eigenvalue weighted by Gasteiger charge is -2.61. The molecule has 2 fully saturated rings. The Hall–Kier alpha value is -2.16. The highest BCUT2D eigenvalue weighted by Crippen LogP contribution is 2.45. The molecule has 6 nitrogen and oxygen atoms in total. The molecular formula is C21H25FN2O4S. The normalized spacial score (nSPS) is 21.8. The smallest absolute Gasteiger partial charge is 0.243 e. The van der Waals surface area contributed by atoms with Gasteiger partial charge < -0.3 is 14.4 Å². The van der Waals surface area contributed by atoms with Gasteiger partial charge >= 0.3 is 0 Å². The van der Waals surface area contributed by atoms with E-state index in [9.17, 15) is 12.8 Å². The van der Waals surface area contributed by atoms with Gasteiger partial charge in [0.1, 0.15) is 11.6 Å². The van der Waals surface area contributed by atoms with Gasteiger partial charge in [0, 0.05) is 38.5 Å². The number of anilines is 1. The Morgan fingerprint density at radius 3 is 2.45 bits per heavy atom. The molecule has 0 aliphatic carbocycles. The maximum atomic E-state index is 13.7. The highest BCUT2D eigenvalue weighted by molar-refractivity contribution is 7.89.